The van der Waals surface area contributed by atoms with E-state index in [4.69, 9.17) is 0 Å². The quantitative estimate of drug-likeness (QED) is 0.657. The molecule has 2 aliphatic heterocycles. The van der Waals surface area contributed by atoms with Crippen LogP contribution in [0.3, 0.4) is 0 Å². The Morgan fingerprint density at radius 2 is 1.94 bits per heavy atom. The van der Waals surface area contributed by atoms with Gasteiger partial charge in [-0.1, -0.05) is 0 Å². The Morgan fingerprint density at radius 3 is 2.67 bits per heavy atom. The number of nitrogens with zero attached hydrogens (tertiary/aromatic N) is 3. The highest BCUT2D eigenvalue weighted by Gasteiger charge is 2.24. The minimum Gasteiger partial charge on any atom is -0.339 e. The normalized spacial score (nSPS) is 23.1. The minimum atomic E-state index is 0.0370. The van der Waals surface area contributed by atoms with Crippen molar-refractivity contribution in [2.45, 2.75) is 6.42 Å². The average Bonchev–Trinajstić information content (AvgIpc) is 2.56. The number of hydrogen-bond donors (Lipinski definition) is 1. The Balaban J connectivity index is 1.84. The van der Waals surface area contributed by atoms with E-state index in [0.717, 1.165) is 39.1 Å². The molecule has 0 aromatic heterocycles. The first-order chi connectivity index (χ1) is 8.66. The largest absolute Gasteiger partial charge is 0.339 e. The zero-order chi connectivity index (χ0) is 13.0. The Bertz CT molecular complexity index is 313. The van der Waals surface area contributed by atoms with Gasteiger partial charge in [-0.05, 0) is 20.0 Å². The summed E-state index contributed by atoms with van der Waals surface area (Å²) in [6, 6.07) is 0. The van der Waals surface area contributed by atoms with Crippen molar-refractivity contribution in [3.63, 3.8) is 0 Å². The second-order valence-electron chi connectivity index (χ2n) is 5.03. The molecule has 2 saturated heterocycles. The summed E-state index contributed by atoms with van der Waals surface area (Å²) in [5.41, 5.74) is 0. The van der Waals surface area contributed by atoms with Crippen molar-refractivity contribution >= 4 is 11.8 Å². The van der Waals surface area contributed by atoms with Gasteiger partial charge in [0.05, 0.1) is 13.1 Å². The predicted molar refractivity (Wildman–Crippen MR) is 68.1 cm³/mol. The molecule has 2 heterocycles. The van der Waals surface area contributed by atoms with Gasteiger partial charge in [0, 0.05) is 32.7 Å². The van der Waals surface area contributed by atoms with Crippen LogP contribution in [0.25, 0.3) is 0 Å². The van der Waals surface area contributed by atoms with Crippen molar-refractivity contribution in [3.8, 4) is 0 Å². The fourth-order valence-corrected chi connectivity index (χ4v) is 2.31. The first kappa shape index (κ1) is 13.3. The van der Waals surface area contributed by atoms with Crippen LogP contribution in [0, 0.1) is 0 Å². The maximum atomic E-state index is 12.1. The summed E-state index contributed by atoms with van der Waals surface area (Å²) in [6.07, 6.45) is 0.918. The highest BCUT2D eigenvalue weighted by atomic mass is 16.2. The highest BCUT2D eigenvalue weighted by molar-refractivity contribution is 5.86. The molecule has 6 heteroatoms. The van der Waals surface area contributed by atoms with E-state index in [2.05, 4.69) is 17.3 Å². The summed E-state index contributed by atoms with van der Waals surface area (Å²) in [4.78, 5) is 29.7. The van der Waals surface area contributed by atoms with Gasteiger partial charge in [0.15, 0.2) is 0 Å². The lowest BCUT2D eigenvalue weighted by atomic mass is 10.3. The molecule has 0 unspecified atom stereocenters. The van der Waals surface area contributed by atoms with Gasteiger partial charge in [0.25, 0.3) is 0 Å². The third-order valence-electron chi connectivity index (χ3n) is 3.59. The molecule has 2 amide bonds. The van der Waals surface area contributed by atoms with E-state index in [9.17, 15) is 9.59 Å². The van der Waals surface area contributed by atoms with Crippen molar-refractivity contribution in [2.75, 3.05) is 59.4 Å². The van der Waals surface area contributed by atoms with Crippen molar-refractivity contribution in [1.29, 1.82) is 0 Å². The molecular weight excluding hydrogens is 232 g/mol. The number of piperazine rings is 1. The average molecular weight is 254 g/mol. The SMILES string of the molecule is CN1CCN(C(=O)CN2CCCNCC2=O)CC1. The van der Waals surface area contributed by atoms with E-state index < -0.39 is 0 Å². The molecule has 0 bridgehead atoms. The Labute approximate surface area is 108 Å². The summed E-state index contributed by atoms with van der Waals surface area (Å²) in [7, 11) is 2.06. The van der Waals surface area contributed by atoms with Gasteiger partial charge in [-0.25, -0.2) is 0 Å². The fourth-order valence-electron chi connectivity index (χ4n) is 2.31. The topological polar surface area (TPSA) is 55.9 Å². The number of likely N-dealkylation sites (N-methyl/N-ethyl adjacent to an activating group) is 1. The number of nitrogens with one attached hydrogen (secondary N) is 1. The van der Waals surface area contributed by atoms with Crippen molar-refractivity contribution in [3.05, 3.63) is 0 Å². The number of carbonyl (C=O) groups excluding carboxylic acids is 2. The molecule has 1 N–H and O–H groups in total. The molecule has 102 valence electrons. The van der Waals surface area contributed by atoms with Crippen molar-refractivity contribution < 1.29 is 9.59 Å². The van der Waals surface area contributed by atoms with E-state index in [1.807, 2.05) is 4.90 Å². The smallest absolute Gasteiger partial charge is 0.242 e. The van der Waals surface area contributed by atoms with Crippen LogP contribution in [-0.4, -0.2) is 85.9 Å². The minimum absolute atomic E-state index is 0.0370. The standard InChI is InChI=1S/C12H22N4O2/c1-14-5-7-15(8-6-14)12(18)10-16-4-2-3-13-9-11(16)17/h13H,2-10H2,1H3. The predicted octanol–water partition coefficient (Wildman–Crippen LogP) is -1.42. The van der Waals surface area contributed by atoms with Crippen molar-refractivity contribution in [2.24, 2.45) is 0 Å². The van der Waals surface area contributed by atoms with E-state index in [-0.39, 0.29) is 18.4 Å². The van der Waals surface area contributed by atoms with Crippen molar-refractivity contribution in [1.82, 2.24) is 20.0 Å². The van der Waals surface area contributed by atoms with Gasteiger partial charge >= 0.3 is 0 Å². The summed E-state index contributed by atoms with van der Waals surface area (Å²) >= 11 is 0. The van der Waals surface area contributed by atoms with Gasteiger partial charge in [-0.15, -0.1) is 0 Å². The monoisotopic (exact) mass is 254 g/mol. The molecule has 6 nitrogen and oxygen atoms in total. The maximum Gasteiger partial charge on any atom is 0.242 e. The van der Waals surface area contributed by atoms with E-state index in [0.29, 0.717) is 13.1 Å². The Morgan fingerprint density at radius 1 is 1.22 bits per heavy atom. The molecule has 18 heavy (non-hydrogen) atoms. The van der Waals surface area contributed by atoms with Crippen LogP contribution in [0.1, 0.15) is 6.42 Å². The molecule has 2 rings (SSSR count). The molecule has 0 aromatic rings. The molecule has 0 aliphatic carbocycles. The molecule has 2 aliphatic rings. The third-order valence-corrected chi connectivity index (χ3v) is 3.59. The lowest BCUT2D eigenvalue weighted by Crippen LogP contribution is -2.51. The van der Waals surface area contributed by atoms with E-state index >= 15 is 0 Å². The lowest BCUT2D eigenvalue weighted by molar-refractivity contribution is -0.140. The van der Waals surface area contributed by atoms with Crippen LogP contribution in [0.15, 0.2) is 0 Å². The summed E-state index contributed by atoms with van der Waals surface area (Å²) < 4.78 is 0. The number of hydrogen-bond acceptors (Lipinski definition) is 4. The first-order valence-corrected chi connectivity index (χ1v) is 6.61. The van der Waals surface area contributed by atoms with Crippen LogP contribution >= 0.6 is 0 Å². The van der Waals surface area contributed by atoms with Gasteiger partial charge < -0.3 is 20.0 Å². The first-order valence-electron chi connectivity index (χ1n) is 6.61. The molecule has 2 fully saturated rings. The highest BCUT2D eigenvalue weighted by Crippen LogP contribution is 2.03. The van der Waals surface area contributed by atoms with Gasteiger partial charge in [0.2, 0.25) is 11.8 Å². The number of rotatable bonds is 2. The summed E-state index contributed by atoms with van der Waals surface area (Å²) in [5.74, 6) is 0.119. The molecule has 0 aromatic carbocycles. The van der Waals surface area contributed by atoms with Crippen LogP contribution < -0.4 is 5.32 Å². The number of carbonyl (C=O) groups is 2. The van der Waals surface area contributed by atoms with Crippen LogP contribution in [0.2, 0.25) is 0 Å². The molecule has 0 atom stereocenters. The second kappa shape index (κ2) is 6.15. The summed E-state index contributed by atoms with van der Waals surface area (Å²) in [6.45, 7) is 5.52. The van der Waals surface area contributed by atoms with Gasteiger partial charge in [-0.2, -0.15) is 0 Å². The van der Waals surface area contributed by atoms with Gasteiger partial charge in [-0.3, -0.25) is 9.59 Å². The second-order valence-corrected chi connectivity index (χ2v) is 5.03. The van der Waals surface area contributed by atoms with Crippen LogP contribution in [0.4, 0.5) is 0 Å². The zero-order valence-electron chi connectivity index (χ0n) is 11.0. The maximum absolute atomic E-state index is 12.1. The van der Waals surface area contributed by atoms with Gasteiger partial charge in [0.1, 0.15) is 0 Å². The molecule has 0 spiro atoms. The Kier molecular flexibility index (Phi) is 4.54. The van der Waals surface area contributed by atoms with Crippen LogP contribution in [0.5, 0.6) is 0 Å². The Hall–Kier alpha value is -1.14. The fraction of sp³-hybridized carbons (Fsp3) is 0.833. The van der Waals surface area contributed by atoms with E-state index in [1.54, 1.807) is 4.90 Å². The zero-order valence-corrected chi connectivity index (χ0v) is 11.0. The van der Waals surface area contributed by atoms with Crippen LogP contribution in [-0.2, 0) is 9.59 Å². The molecule has 0 saturated carbocycles. The number of amides is 2. The summed E-state index contributed by atoms with van der Waals surface area (Å²) in [5, 5.41) is 3.06. The molecule has 0 radical (unpaired) electrons. The lowest BCUT2D eigenvalue weighted by Gasteiger charge is -2.33. The van der Waals surface area contributed by atoms with E-state index in [1.165, 1.54) is 0 Å². The molecular formula is C12H22N4O2. The third kappa shape index (κ3) is 3.43.